The van der Waals surface area contributed by atoms with Gasteiger partial charge in [-0.15, -0.1) is 0 Å². The number of nitrogens with zero attached hydrogens (tertiary/aromatic N) is 4. The van der Waals surface area contributed by atoms with Crippen LogP contribution in [-0.2, 0) is 20.0 Å². The summed E-state index contributed by atoms with van der Waals surface area (Å²) in [5.41, 5.74) is 3.57. The van der Waals surface area contributed by atoms with Crippen LogP contribution in [0.2, 0.25) is 0 Å². The Bertz CT molecular complexity index is 751. The molecule has 0 atom stereocenters. The number of aliphatic imine (C=N–C) groups is 1. The second-order valence-electron chi connectivity index (χ2n) is 7.02. The zero-order chi connectivity index (χ0) is 19.8. The Hall–Kier alpha value is -2.50. The summed E-state index contributed by atoms with van der Waals surface area (Å²) in [6, 6.07) is 8.11. The Morgan fingerprint density at radius 2 is 2.04 bits per heavy atom. The van der Waals surface area contributed by atoms with Crippen LogP contribution in [0.5, 0.6) is 5.75 Å². The first-order valence-electron chi connectivity index (χ1n) is 9.60. The van der Waals surface area contributed by atoms with E-state index < -0.39 is 0 Å². The van der Waals surface area contributed by atoms with Gasteiger partial charge in [0, 0.05) is 45.5 Å². The number of rotatable bonds is 8. The highest BCUT2D eigenvalue weighted by Crippen LogP contribution is 2.19. The molecule has 1 aromatic heterocycles. The summed E-state index contributed by atoms with van der Waals surface area (Å²) in [6.07, 6.45) is 2.95. The molecule has 2 rings (SSSR count). The summed E-state index contributed by atoms with van der Waals surface area (Å²) in [5, 5.41) is 8.00. The number of methoxy groups -OCH3 is 1. The monoisotopic (exact) mass is 371 g/mol. The van der Waals surface area contributed by atoms with Gasteiger partial charge in [0.1, 0.15) is 5.75 Å². The number of aromatic nitrogens is 2. The number of hydrogen-bond acceptors (Lipinski definition) is 3. The first kappa shape index (κ1) is 20.8. The highest BCUT2D eigenvalue weighted by Gasteiger charge is 2.15. The lowest BCUT2D eigenvalue weighted by molar-refractivity contribution is 0.409. The molecule has 0 bridgehead atoms. The Morgan fingerprint density at radius 3 is 2.70 bits per heavy atom. The molecule has 6 nitrogen and oxygen atoms in total. The maximum absolute atomic E-state index is 5.43. The van der Waals surface area contributed by atoms with Gasteiger partial charge >= 0.3 is 0 Å². The second-order valence-corrected chi connectivity index (χ2v) is 7.02. The van der Waals surface area contributed by atoms with Gasteiger partial charge in [0.05, 0.1) is 12.8 Å². The van der Waals surface area contributed by atoms with E-state index in [1.54, 1.807) is 7.11 Å². The summed E-state index contributed by atoms with van der Waals surface area (Å²) in [4.78, 5) is 6.97. The molecule has 148 valence electrons. The lowest BCUT2D eigenvalue weighted by atomic mass is 10.1. The maximum atomic E-state index is 5.43. The first-order valence-corrected chi connectivity index (χ1v) is 9.60. The number of guanidine groups is 1. The van der Waals surface area contributed by atoms with E-state index in [0.717, 1.165) is 36.9 Å². The van der Waals surface area contributed by atoms with Gasteiger partial charge in [0.15, 0.2) is 5.96 Å². The summed E-state index contributed by atoms with van der Waals surface area (Å²) < 4.78 is 7.32. The van der Waals surface area contributed by atoms with E-state index in [9.17, 15) is 0 Å². The van der Waals surface area contributed by atoms with Gasteiger partial charge < -0.3 is 15.0 Å². The highest BCUT2D eigenvalue weighted by molar-refractivity contribution is 5.79. The van der Waals surface area contributed by atoms with Crippen LogP contribution in [0.1, 0.15) is 43.5 Å². The fraction of sp³-hybridized carbons (Fsp3) is 0.524. The molecule has 1 aromatic carbocycles. The minimum Gasteiger partial charge on any atom is -0.496 e. The lowest BCUT2D eigenvalue weighted by Crippen LogP contribution is -2.38. The van der Waals surface area contributed by atoms with Crippen molar-refractivity contribution in [3.8, 4) is 5.75 Å². The molecule has 0 spiro atoms. The number of para-hydroxylation sites is 1. The van der Waals surface area contributed by atoms with Gasteiger partial charge in [0.25, 0.3) is 0 Å². The van der Waals surface area contributed by atoms with Crippen LogP contribution in [0, 0.1) is 0 Å². The third kappa shape index (κ3) is 5.74. The minimum atomic E-state index is 0.402. The standard InChI is InChI=1S/C21H33N5O/c1-7-22-21(23-13-12-17-10-8-9-11-19(17)27-6)25(4)14-18-15-26(5)24-20(18)16(2)3/h8-11,15-16H,7,12-14H2,1-6H3,(H,22,23). The van der Waals surface area contributed by atoms with E-state index in [1.165, 1.54) is 11.1 Å². The van der Waals surface area contributed by atoms with E-state index in [1.807, 2.05) is 29.9 Å². The number of nitrogens with one attached hydrogen (secondary N) is 1. The molecule has 0 unspecified atom stereocenters. The lowest BCUT2D eigenvalue weighted by Gasteiger charge is -2.22. The topological polar surface area (TPSA) is 54.7 Å². The molecule has 6 heteroatoms. The van der Waals surface area contributed by atoms with E-state index in [0.29, 0.717) is 12.5 Å². The number of hydrogen-bond donors (Lipinski definition) is 1. The average Bonchev–Trinajstić information content (AvgIpc) is 3.01. The summed E-state index contributed by atoms with van der Waals surface area (Å²) in [5.74, 6) is 2.23. The van der Waals surface area contributed by atoms with Crippen LogP contribution < -0.4 is 10.1 Å². The van der Waals surface area contributed by atoms with E-state index in [4.69, 9.17) is 9.73 Å². The van der Waals surface area contributed by atoms with Crippen molar-refractivity contribution in [3.05, 3.63) is 47.3 Å². The third-order valence-corrected chi connectivity index (χ3v) is 4.42. The SMILES string of the molecule is CCNC(=NCCc1ccccc1OC)N(C)Cc1cn(C)nc1C(C)C. The third-order valence-electron chi connectivity index (χ3n) is 4.42. The van der Waals surface area contributed by atoms with Crippen molar-refractivity contribution >= 4 is 5.96 Å². The Kier molecular flexibility index (Phi) is 7.70. The smallest absolute Gasteiger partial charge is 0.193 e. The highest BCUT2D eigenvalue weighted by atomic mass is 16.5. The minimum absolute atomic E-state index is 0.402. The first-order chi connectivity index (χ1) is 13.0. The molecule has 0 saturated heterocycles. The predicted octanol–water partition coefficient (Wildman–Crippen LogP) is 3.19. The summed E-state index contributed by atoms with van der Waals surface area (Å²) in [7, 11) is 5.75. The van der Waals surface area contributed by atoms with Crippen molar-refractivity contribution in [2.24, 2.45) is 12.0 Å². The molecule has 1 N–H and O–H groups in total. The number of ether oxygens (including phenoxy) is 1. The van der Waals surface area contributed by atoms with Crippen LogP contribution in [-0.4, -0.2) is 47.9 Å². The van der Waals surface area contributed by atoms with Crippen LogP contribution in [0.15, 0.2) is 35.5 Å². The van der Waals surface area contributed by atoms with E-state index in [2.05, 4.69) is 55.4 Å². The molecule has 0 aliphatic rings. The van der Waals surface area contributed by atoms with Gasteiger partial charge in [-0.3, -0.25) is 9.67 Å². The second kappa shape index (κ2) is 10.00. The van der Waals surface area contributed by atoms with Crippen LogP contribution in [0.25, 0.3) is 0 Å². The van der Waals surface area contributed by atoms with Crippen molar-refractivity contribution in [2.75, 3.05) is 27.2 Å². The molecule has 0 radical (unpaired) electrons. The largest absolute Gasteiger partial charge is 0.496 e. The molecular weight excluding hydrogens is 338 g/mol. The van der Waals surface area contributed by atoms with Gasteiger partial charge in [0.2, 0.25) is 0 Å². The predicted molar refractivity (Wildman–Crippen MR) is 111 cm³/mol. The summed E-state index contributed by atoms with van der Waals surface area (Å²) >= 11 is 0. The van der Waals surface area contributed by atoms with Gasteiger partial charge in [-0.25, -0.2) is 0 Å². The van der Waals surface area contributed by atoms with Crippen LogP contribution >= 0.6 is 0 Å². The maximum Gasteiger partial charge on any atom is 0.193 e. The van der Waals surface area contributed by atoms with Gasteiger partial charge in [-0.2, -0.15) is 5.10 Å². The quantitative estimate of drug-likeness (QED) is 0.572. The normalized spacial score (nSPS) is 11.7. The zero-order valence-corrected chi connectivity index (χ0v) is 17.5. The van der Waals surface area contributed by atoms with Crippen molar-refractivity contribution in [3.63, 3.8) is 0 Å². The van der Waals surface area contributed by atoms with Crippen molar-refractivity contribution in [1.82, 2.24) is 20.0 Å². The molecule has 2 aromatic rings. The van der Waals surface area contributed by atoms with Crippen molar-refractivity contribution in [1.29, 1.82) is 0 Å². The number of benzene rings is 1. The van der Waals surface area contributed by atoms with Crippen LogP contribution in [0.3, 0.4) is 0 Å². The molecule has 0 fully saturated rings. The molecule has 0 amide bonds. The van der Waals surface area contributed by atoms with Crippen molar-refractivity contribution < 1.29 is 4.74 Å². The Morgan fingerprint density at radius 1 is 1.30 bits per heavy atom. The van der Waals surface area contributed by atoms with Gasteiger partial charge in [-0.05, 0) is 30.9 Å². The molecule has 0 saturated carbocycles. The van der Waals surface area contributed by atoms with E-state index in [-0.39, 0.29) is 0 Å². The van der Waals surface area contributed by atoms with Gasteiger partial charge in [-0.1, -0.05) is 32.0 Å². The Balaban J connectivity index is 2.08. The van der Waals surface area contributed by atoms with Crippen molar-refractivity contribution in [2.45, 2.75) is 39.7 Å². The fourth-order valence-corrected chi connectivity index (χ4v) is 3.15. The molecule has 0 aliphatic heterocycles. The molecule has 27 heavy (non-hydrogen) atoms. The van der Waals surface area contributed by atoms with E-state index >= 15 is 0 Å². The molecule has 1 heterocycles. The number of aryl methyl sites for hydroxylation is 1. The fourth-order valence-electron chi connectivity index (χ4n) is 3.15. The molecular formula is C21H33N5O. The average molecular weight is 372 g/mol. The Labute approximate surface area is 163 Å². The molecule has 0 aliphatic carbocycles. The van der Waals surface area contributed by atoms with Crippen LogP contribution in [0.4, 0.5) is 0 Å². The zero-order valence-electron chi connectivity index (χ0n) is 17.5. The summed E-state index contributed by atoms with van der Waals surface area (Å²) in [6.45, 7) is 8.77.